The predicted molar refractivity (Wildman–Crippen MR) is 117 cm³/mol. The summed E-state index contributed by atoms with van der Waals surface area (Å²) in [6.07, 6.45) is 0. The summed E-state index contributed by atoms with van der Waals surface area (Å²) < 4.78 is 11.3. The predicted octanol–water partition coefficient (Wildman–Crippen LogP) is 5.50. The molecule has 0 atom stereocenters. The van der Waals surface area contributed by atoms with Gasteiger partial charge in [0.15, 0.2) is 0 Å². The maximum atomic E-state index is 12.2. The molecule has 3 rings (SSSR count). The molecule has 0 aliphatic carbocycles. The van der Waals surface area contributed by atoms with Crippen molar-refractivity contribution in [3.8, 4) is 11.5 Å². The van der Waals surface area contributed by atoms with E-state index in [1.807, 2.05) is 42.5 Å². The van der Waals surface area contributed by atoms with Gasteiger partial charge in [0.2, 0.25) is 5.91 Å². The maximum Gasteiger partial charge on any atom is 0.243 e. The summed E-state index contributed by atoms with van der Waals surface area (Å²) in [5.74, 6) is 1.22. The normalized spacial score (nSPS) is 10.3. The minimum absolute atomic E-state index is 0.0516. The molecule has 7 heteroatoms. The van der Waals surface area contributed by atoms with Gasteiger partial charge in [-0.05, 0) is 42.5 Å². The van der Waals surface area contributed by atoms with Gasteiger partial charge in [0.1, 0.15) is 24.7 Å². The smallest absolute Gasteiger partial charge is 0.243 e. The summed E-state index contributed by atoms with van der Waals surface area (Å²) in [6, 6.07) is 21.7. The van der Waals surface area contributed by atoms with Gasteiger partial charge in [-0.25, -0.2) is 0 Å². The minimum atomic E-state index is -0.217. The molecule has 0 fully saturated rings. The van der Waals surface area contributed by atoms with Crippen LogP contribution >= 0.6 is 23.2 Å². The van der Waals surface area contributed by atoms with E-state index >= 15 is 0 Å². The Morgan fingerprint density at radius 3 is 2.34 bits per heavy atom. The Balaban J connectivity index is 1.45. The molecule has 5 nitrogen and oxygen atoms in total. The Hall–Kier alpha value is -2.89. The average Bonchev–Trinajstić information content (AvgIpc) is 2.73. The van der Waals surface area contributed by atoms with Crippen LogP contribution in [0.3, 0.4) is 0 Å². The SMILES string of the molecule is O=C(CNc1cc(Cl)ccc1Cl)Nc1cccc(OCCOc2ccccc2)c1. The van der Waals surface area contributed by atoms with Crippen LogP contribution in [0.1, 0.15) is 0 Å². The molecule has 3 aromatic carbocycles. The van der Waals surface area contributed by atoms with Gasteiger partial charge in [-0.15, -0.1) is 0 Å². The second-order valence-corrected chi connectivity index (χ2v) is 6.91. The summed E-state index contributed by atoms with van der Waals surface area (Å²) in [7, 11) is 0. The molecule has 0 unspecified atom stereocenters. The van der Waals surface area contributed by atoms with Crippen molar-refractivity contribution in [2.45, 2.75) is 0 Å². The lowest BCUT2D eigenvalue weighted by Gasteiger charge is -2.11. The van der Waals surface area contributed by atoms with Crippen molar-refractivity contribution >= 4 is 40.5 Å². The van der Waals surface area contributed by atoms with E-state index in [1.54, 1.807) is 30.3 Å². The Kier molecular flexibility index (Phi) is 7.61. The van der Waals surface area contributed by atoms with Crippen LogP contribution in [0.4, 0.5) is 11.4 Å². The Bertz CT molecular complexity index is 952. The lowest BCUT2D eigenvalue weighted by Crippen LogP contribution is -2.21. The van der Waals surface area contributed by atoms with Crippen LogP contribution in [0.15, 0.2) is 72.8 Å². The van der Waals surface area contributed by atoms with Crippen molar-refractivity contribution in [3.63, 3.8) is 0 Å². The first-order chi connectivity index (χ1) is 14.1. The number of hydrogen-bond donors (Lipinski definition) is 2. The highest BCUT2D eigenvalue weighted by Crippen LogP contribution is 2.25. The van der Waals surface area contributed by atoms with Gasteiger partial charge < -0.3 is 20.1 Å². The topological polar surface area (TPSA) is 59.6 Å². The molecule has 0 bridgehead atoms. The number of nitrogens with one attached hydrogen (secondary N) is 2. The monoisotopic (exact) mass is 430 g/mol. The van der Waals surface area contributed by atoms with E-state index in [-0.39, 0.29) is 12.5 Å². The van der Waals surface area contributed by atoms with Gasteiger partial charge in [-0.3, -0.25) is 4.79 Å². The van der Waals surface area contributed by atoms with Crippen molar-refractivity contribution < 1.29 is 14.3 Å². The van der Waals surface area contributed by atoms with E-state index < -0.39 is 0 Å². The third-order valence-corrected chi connectivity index (χ3v) is 4.41. The fourth-order valence-electron chi connectivity index (χ4n) is 2.51. The van der Waals surface area contributed by atoms with Crippen LogP contribution in [-0.2, 0) is 4.79 Å². The highest BCUT2D eigenvalue weighted by molar-refractivity contribution is 6.35. The first-order valence-corrected chi connectivity index (χ1v) is 9.75. The molecule has 29 heavy (non-hydrogen) atoms. The first kappa shape index (κ1) is 20.8. The summed E-state index contributed by atoms with van der Waals surface area (Å²) in [5, 5.41) is 6.82. The Morgan fingerprint density at radius 2 is 1.55 bits per heavy atom. The van der Waals surface area contributed by atoms with Crippen LogP contribution in [0, 0.1) is 0 Å². The highest BCUT2D eigenvalue weighted by atomic mass is 35.5. The number of benzene rings is 3. The van der Waals surface area contributed by atoms with Crippen LogP contribution in [-0.4, -0.2) is 25.7 Å². The second-order valence-electron chi connectivity index (χ2n) is 6.06. The largest absolute Gasteiger partial charge is 0.490 e. The number of carbonyl (C=O) groups excluding carboxylic acids is 1. The number of anilines is 2. The lowest BCUT2D eigenvalue weighted by atomic mass is 10.3. The van der Waals surface area contributed by atoms with Gasteiger partial charge in [0.25, 0.3) is 0 Å². The summed E-state index contributed by atoms with van der Waals surface area (Å²) in [4.78, 5) is 12.2. The zero-order valence-corrected chi connectivity index (χ0v) is 17.0. The van der Waals surface area contributed by atoms with Crippen LogP contribution in [0.25, 0.3) is 0 Å². The van der Waals surface area contributed by atoms with E-state index in [4.69, 9.17) is 32.7 Å². The quantitative estimate of drug-likeness (QED) is 0.439. The molecule has 0 aromatic heterocycles. The molecule has 150 valence electrons. The summed E-state index contributed by atoms with van der Waals surface area (Å²) >= 11 is 12.0. The number of carbonyl (C=O) groups is 1. The summed E-state index contributed by atoms with van der Waals surface area (Å²) in [5.41, 5.74) is 1.24. The lowest BCUT2D eigenvalue weighted by molar-refractivity contribution is -0.114. The Labute approximate surface area is 179 Å². The van der Waals surface area contributed by atoms with Gasteiger partial charge in [-0.1, -0.05) is 47.5 Å². The number of para-hydroxylation sites is 1. The fraction of sp³-hybridized carbons (Fsp3) is 0.136. The van der Waals surface area contributed by atoms with Crippen LogP contribution in [0.2, 0.25) is 10.0 Å². The molecule has 0 heterocycles. The molecule has 2 N–H and O–H groups in total. The van der Waals surface area contributed by atoms with E-state index in [1.165, 1.54) is 0 Å². The molecule has 0 radical (unpaired) electrons. The number of amides is 1. The third-order valence-electron chi connectivity index (χ3n) is 3.85. The van der Waals surface area contributed by atoms with Gasteiger partial charge in [0.05, 0.1) is 17.3 Å². The summed E-state index contributed by atoms with van der Waals surface area (Å²) in [6.45, 7) is 0.863. The zero-order valence-electron chi connectivity index (χ0n) is 15.5. The van der Waals surface area contributed by atoms with Crippen LogP contribution in [0.5, 0.6) is 11.5 Å². The molecule has 0 aliphatic rings. The highest BCUT2D eigenvalue weighted by Gasteiger charge is 2.06. The molecule has 3 aromatic rings. The molecule has 0 aliphatic heterocycles. The third kappa shape index (κ3) is 6.89. The molecule has 0 spiro atoms. The van der Waals surface area contributed by atoms with E-state index in [0.717, 1.165) is 5.75 Å². The van der Waals surface area contributed by atoms with Crippen molar-refractivity contribution in [3.05, 3.63) is 82.8 Å². The minimum Gasteiger partial charge on any atom is -0.490 e. The van der Waals surface area contributed by atoms with Crippen molar-refractivity contribution in [1.82, 2.24) is 0 Å². The standard InChI is InChI=1S/C22H20Cl2N2O3/c23-16-9-10-20(24)21(13-16)25-15-22(27)26-17-5-4-8-19(14-17)29-12-11-28-18-6-2-1-3-7-18/h1-10,13-14,25H,11-12,15H2,(H,26,27). The van der Waals surface area contributed by atoms with Crippen molar-refractivity contribution in [1.29, 1.82) is 0 Å². The molecule has 1 amide bonds. The molecular weight excluding hydrogens is 411 g/mol. The maximum absolute atomic E-state index is 12.2. The average molecular weight is 431 g/mol. The number of halogens is 2. The molecular formula is C22H20Cl2N2O3. The van der Waals surface area contributed by atoms with Gasteiger partial charge in [0, 0.05) is 16.8 Å². The number of ether oxygens (including phenoxy) is 2. The fourth-order valence-corrected chi connectivity index (χ4v) is 2.87. The second kappa shape index (κ2) is 10.6. The zero-order chi connectivity index (χ0) is 20.5. The van der Waals surface area contributed by atoms with Gasteiger partial charge in [-0.2, -0.15) is 0 Å². The Morgan fingerprint density at radius 1 is 0.828 bits per heavy atom. The van der Waals surface area contributed by atoms with E-state index in [9.17, 15) is 4.79 Å². The van der Waals surface area contributed by atoms with E-state index in [0.29, 0.717) is 40.4 Å². The number of hydrogen-bond acceptors (Lipinski definition) is 4. The molecule has 0 saturated carbocycles. The van der Waals surface area contributed by atoms with Crippen molar-refractivity contribution in [2.75, 3.05) is 30.4 Å². The molecule has 0 saturated heterocycles. The van der Waals surface area contributed by atoms with Gasteiger partial charge >= 0.3 is 0 Å². The number of rotatable bonds is 9. The van der Waals surface area contributed by atoms with E-state index in [2.05, 4.69) is 10.6 Å². The first-order valence-electron chi connectivity index (χ1n) is 8.99. The van der Waals surface area contributed by atoms with Crippen molar-refractivity contribution in [2.24, 2.45) is 0 Å². The van der Waals surface area contributed by atoms with Crippen LogP contribution < -0.4 is 20.1 Å².